The Hall–Kier alpha value is -1.01. The van der Waals surface area contributed by atoms with Crippen molar-refractivity contribution in [2.45, 2.75) is 0 Å². The van der Waals surface area contributed by atoms with Crippen LogP contribution in [0.2, 0.25) is 20.1 Å². The molecule has 5 nitrogen and oxygen atoms in total. The van der Waals surface area contributed by atoms with Crippen molar-refractivity contribution >= 4 is 64.2 Å². The molecule has 100 valence electrons. The van der Waals surface area contributed by atoms with E-state index in [-0.39, 0.29) is 31.2 Å². The molecule has 1 aromatic carbocycles. The Morgan fingerprint density at radius 3 is 1.58 bits per heavy atom. The van der Waals surface area contributed by atoms with E-state index in [0.717, 1.165) is 0 Å². The lowest BCUT2D eigenvalue weighted by atomic mass is 10.1. The number of carbonyl (C=O) groups is 3. The van der Waals surface area contributed by atoms with Gasteiger partial charge in [0, 0.05) is 0 Å². The molecule has 0 aromatic heterocycles. The van der Waals surface area contributed by atoms with Crippen LogP contribution in [0.4, 0.5) is 0 Å². The van der Waals surface area contributed by atoms with Gasteiger partial charge in [-0.1, -0.05) is 46.4 Å². The standard InChI is InChI=1S/C10H3Cl4NO4/c11-5-3-4(6(12)8(14)7(5)13)10(19)15(9(3)18)1-2(16)17/h1H2,(H,16,17). The molecule has 1 aliphatic rings. The molecule has 1 N–H and O–H groups in total. The molecule has 1 aliphatic heterocycles. The zero-order chi connectivity index (χ0) is 14.5. The summed E-state index contributed by atoms with van der Waals surface area (Å²) in [6.07, 6.45) is 0. The first-order chi connectivity index (χ1) is 8.77. The van der Waals surface area contributed by atoms with Crippen molar-refractivity contribution in [3.63, 3.8) is 0 Å². The Bertz CT molecular complexity index is 596. The fourth-order valence-electron chi connectivity index (χ4n) is 1.67. The Kier molecular flexibility index (Phi) is 3.66. The van der Waals surface area contributed by atoms with Crippen LogP contribution in [-0.2, 0) is 4.79 Å². The molecular weight excluding hydrogens is 340 g/mol. The van der Waals surface area contributed by atoms with E-state index in [0.29, 0.717) is 4.90 Å². The second-order valence-electron chi connectivity index (χ2n) is 3.60. The van der Waals surface area contributed by atoms with Gasteiger partial charge in [-0.2, -0.15) is 0 Å². The third-order valence-electron chi connectivity index (χ3n) is 2.48. The van der Waals surface area contributed by atoms with Crippen LogP contribution in [0.3, 0.4) is 0 Å². The lowest BCUT2D eigenvalue weighted by Gasteiger charge is -2.09. The molecule has 0 saturated heterocycles. The van der Waals surface area contributed by atoms with Crippen molar-refractivity contribution in [1.82, 2.24) is 4.90 Å². The molecule has 0 radical (unpaired) electrons. The molecule has 1 heterocycles. The van der Waals surface area contributed by atoms with Gasteiger partial charge in [0.05, 0.1) is 31.2 Å². The van der Waals surface area contributed by atoms with Crippen LogP contribution < -0.4 is 0 Å². The average molecular weight is 343 g/mol. The van der Waals surface area contributed by atoms with Gasteiger partial charge in [-0.25, -0.2) is 0 Å². The number of rotatable bonds is 2. The monoisotopic (exact) mass is 341 g/mol. The molecule has 1 aromatic rings. The minimum atomic E-state index is -1.35. The number of imide groups is 1. The summed E-state index contributed by atoms with van der Waals surface area (Å²) in [7, 11) is 0. The molecule has 2 amide bonds. The van der Waals surface area contributed by atoms with Gasteiger partial charge >= 0.3 is 5.97 Å². The molecule has 0 spiro atoms. The maximum absolute atomic E-state index is 12.0. The Labute approximate surface area is 126 Å². The third-order valence-corrected chi connectivity index (χ3v) is 4.28. The second-order valence-corrected chi connectivity index (χ2v) is 5.11. The number of hydrogen-bond acceptors (Lipinski definition) is 3. The van der Waals surface area contributed by atoms with Crippen molar-refractivity contribution in [2.75, 3.05) is 6.54 Å². The van der Waals surface area contributed by atoms with Gasteiger partial charge in [-0.3, -0.25) is 19.3 Å². The van der Waals surface area contributed by atoms with Gasteiger partial charge in [0.2, 0.25) is 0 Å². The van der Waals surface area contributed by atoms with Gasteiger partial charge in [-0.05, 0) is 0 Å². The number of benzene rings is 1. The fourth-order valence-corrected chi connectivity index (χ4v) is 2.69. The summed E-state index contributed by atoms with van der Waals surface area (Å²) in [4.78, 5) is 35.1. The van der Waals surface area contributed by atoms with E-state index in [4.69, 9.17) is 51.5 Å². The third kappa shape index (κ3) is 2.07. The van der Waals surface area contributed by atoms with Crippen LogP contribution in [0.15, 0.2) is 0 Å². The number of amides is 2. The molecule has 2 rings (SSSR count). The molecule has 0 aliphatic carbocycles. The smallest absolute Gasteiger partial charge is 0.323 e. The van der Waals surface area contributed by atoms with Gasteiger partial charge in [0.15, 0.2) is 0 Å². The first kappa shape index (κ1) is 14.4. The van der Waals surface area contributed by atoms with E-state index in [1.807, 2.05) is 0 Å². The van der Waals surface area contributed by atoms with Gasteiger partial charge in [-0.15, -0.1) is 0 Å². The summed E-state index contributed by atoms with van der Waals surface area (Å²) < 4.78 is 0. The summed E-state index contributed by atoms with van der Waals surface area (Å²) in [5.74, 6) is -3.08. The summed E-state index contributed by atoms with van der Waals surface area (Å²) in [5.41, 5.74) is -0.459. The number of aliphatic carboxylic acids is 1. The maximum atomic E-state index is 12.0. The average Bonchev–Trinajstić information content (AvgIpc) is 2.58. The quantitative estimate of drug-likeness (QED) is 0.509. The van der Waals surface area contributed by atoms with Crippen molar-refractivity contribution < 1.29 is 19.5 Å². The van der Waals surface area contributed by atoms with E-state index in [1.54, 1.807) is 0 Å². The van der Waals surface area contributed by atoms with Crippen molar-refractivity contribution in [3.05, 3.63) is 31.2 Å². The second kappa shape index (κ2) is 4.83. The van der Waals surface area contributed by atoms with Crippen molar-refractivity contribution in [2.24, 2.45) is 0 Å². The number of carboxylic acids is 1. The molecule has 0 saturated carbocycles. The van der Waals surface area contributed by atoms with E-state index < -0.39 is 24.3 Å². The van der Waals surface area contributed by atoms with Gasteiger partial charge in [0.25, 0.3) is 11.8 Å². The molecule has 0 atom stereocenters. The minimum Gasteiger partial charge on any atom is -0.480 e. The highest BCUT2D eigenvalue weighted by Gasteiger charge is 2.42. The van der Waals surface area contributed by atoms with Crippen LogP contribution >= 0.6 is 46.4 Å². The predicted molar refractivity (Wildman–Crippen MR) is 69.5 cm³/mol. The molecule has 0 bridgehead atoms. The Morgan fingerprint density at radius 1 is 0.895 bits per heavy atom. The number of carbonyl (C=O) groups excluding carboxylic acids is 2. The topological polar surface area (TPSA) is 74.7 Å². The number of carboxylic acid groups (broad SMARTS) is 1. The van der Waals surface area contributed by atoms with E-state index in [2.05, 4.69) is 0 Å². The largest absolute Gasteiger partial charge is 0.480 e. The predicted octanol–water partition coefficient (Wildman–Crippen LogP) is 2.98. The van der Waals surface area contributed by atoms with Crippen LogP contribution in [-0.4, -0.2) is 34.3 Å². The molecule has 19 heavy (non-hydrogen) atoms. The van der Waals surface area contributed by atoms with Crippen molar-refractivity contribution in [3.8, 4) is 0 Å². The van der Waals surface area contributed by atoms with E-state index >= 15 is 0 Å². The molecular formula is C10H3Cl4NO4. The normalized spacial score (nSPS) is 14.0. The molecule has 0 fully saturated rings. The van der Waals surface area contributed by atoms with Crippen LogP contribution in [0.1, 0.15) is 20.7 Å². The lowest BCUT2D eigenvalue weighted by Crippen LogP contribution is -2.34. The summed E-state index contributed by atoms with van der Waals surface area (Å²) in [6.45, 7) is -0.797. The number of fused-ring (bicyclic) bond motifs is 1. The summed E-state index contributed by atoms with van der Waals surface area (Å²) >= 11 is 23.3. The number of hydrogen-bond donors (Lipinski definition) is 1. The van der Waals surface area contributed by atoms with E-state index in [1.165, 1.54) is 0 Å². The highest BCUT2D eigenvalue weighted by atomic mass is 35.5. The first-order valence-electron chi connectivity index (χ1n) is 4.71. The number of halogens is 4. The highest BCUT2D eigenvalue weighted by molar-refractivity contribution is 6.55. The zero-order valence-corrected chi connectivity index (χ0v) is 11.9. The van der Waals surface area contributed by atoms with Crippen LogP contribution in [0, 0.1) is 0 Å². The SMILES string of the molecule is O=C(O)CN1C(=O)c2c(Cl)c(Cl)c(Cl)c(Cl)c2C1=O. The summed E-state index contributed by atoms with van der Waals surface area (Å²) in [6, 6.07) is 0. The van der Waals surface area contributed by atoms with E-state index in [9.17, 15) is 14.4 Å². The number of nitrogens with zero attached hydrogens (tertiary/aromatic N) is 1. The Balaban J connectivity index is 2.69. The Morgan fingerprint density at radius 2 is 1.26 bits per heavy atom. The van der Waals surface area contributed by atoms with Crippen LogP contribution in [0.25, 0.3) is 0 Å². The van der Waals surface area contributed by atoms with Gasteiger partial charge < -0.3 is 5.11 Å². The summed E-state index contributed by atoms with van der Waals surface area (Å²) in [5, 5.41) is 7.90. The van der Waals surface area contributed by atoms with Gasteiger partial charge in [0.1, 0.15) is 6.54 Å². The fraction of sp³-hybridized carbons (Fsp3) is 0.100. The zero-order valence-electron chi connectivity index (χ0n) is 8.84. The first-order valence-corrected chi connectivity index (χ1v) is 6.22. The van der Waals surface area contributed by atoms with Crippen molar-refractivity contribution in [1.29, 1.82) is 0 Å². The lowest BCUT2D eigenvalue weighted by molar-refractivity contribution is -0.137. The van der Waals surface area contributed by atoms with Crippen LogP contribution in [0.5, 0.6) is 0 Å². The highest BCUT2D eigenvalue weighted by Crippen LogP contribution is 2.44. The molecule has 9 heteroatoms. The maximum Gasteiger partial charge on any atom is 0.323 e. The molecule has 0 unspecified atom stereocenters. The minimum absolute atomic E-state index is 0.162.